The predicted octanol–water partition coefficient (Wildman–Crippen LogP) is 3.59. The highest BCUT2D eigenvalue weighted by Gasteiger charge is 2.48. The largest absolute Gasteiger partial charge is 0.418 e. The number of hydrogen-bond donors (Lipinski definition) is 1. The summed E-state index contributed by atoms with van der Waals surface area (Å²) in [5.74, 6) is 0.0197. The molecule has 1 atom stereocenters. The Morgan fingerprint density at radius 2 is 1.80 bits per heavy atom. The maximum absolute atomic E-state index is 12.9. The highest BCUT2D eigenvalue weighted by atomic mass is 19.4. The molecule has 2 fully saturated rings. The number of hydrogen-bond acceptors (Lipinski definition) is 3. The van der Waals surface area contributed by atoms with Crippen LogP contribution in [-0.2, 0) is 9.53 Å². The Morgan fingerprint density at radius 1 is 1.20 bits per heavy atom. The molecule has 0 aromatic heterocycles. The fraction of sp³-hybridized carbons (Fsp3) is 0.611. The SMILES string of the molecule is COC(c1ccc(N2CCC3(CCC(O)CC3)C2=O)cc1)C(F)(F)F. The van der Waals surface area contributed by atoms with Crippen LogP contribution >= 0.6 is 0 Å². The van der Waals surface area contributed by atoms with Crippen LogP contribution in [0.25, 0.3) is 0 Å². The van der Waals surface area contributed by atoms with Crippen molar-refractivity contribution in [2.75, 3.05) is 18.6 Å². The van der Waals surface area contributed by atoms with Gasteiger partial charge in [-0.15, -0.1) is 0 Å². The number of carbonyl (C=O) groups is 1. The summed E-state index contributed by atoms with van der Waals surface area (Å²) in [4.78, 5) is 14.5. The molecule has 1 amide bonds. The molecule has 1 saturated carbocycles. The molecular weight excluding hydrogens is 335 g/mol. The van der Waals surface area contributed by atoms with Crippen molar-refractivity contribution in [3.05, 3.63) is 29.8 Å². The Bertz CT molecular complexity index is 621. The molecular formula is C18H22F3NO3. The number of nitrogens with zero attached hydrogens (tertiary/aromatic N) is 1. The molecule has 1 aromatic carbocycles. The van der Waals surface area contributed by atoms with Gasteiger partial charge in [0.15, 0.2) is 6.10 Å². The number of ether oxygens (including phenoxy) is 1. The fourth-order valence-electron chi connectivity index (χ4n) is 3.97. The molecule has 1 aliphatic carbocycles. The standard InChI is InChI=1S/C18H22F3NO3/c1-25-15(18(19,20)21)12-2-4-13(5-3-12)22-11-10-17(16(22)24)8-6-14(23)7-9-17/h2-5,14-15,23H,6-11H2,1H3. The molecule has 1 aliphatic heterocycles. The van der Waals surface area contributed by atoms with E-state index in [1.807, 2.05) is 0 Å². The Balaban J connectivity index is 1.76. The molecule has 1 unspecified atom stereocenters. The van der Waals surface area contributed by atoms with Crippen molar-refractivity contribution in [3.63, 3.8) is 0 Å². The van der Waals surface area contributed by atoms with E-state index in [0.29, 0.717) is 37.9 Å². The quantitative estimate of drug-likeness (QED) is 0.899. The predicted molar refractivity (Wildman–Crippen MR) is 86.1 cm³/mol. The van der Waals surface area contributed by atoms with Crippen LogP contribution in [0.3, 0.4) is 0 Å². The molecule has 1 spiro atoms. The number of carbonyl (C=O) groups excluding carboxylic acids is 1. The Hall–Kier alpha value is -1.60. The van der Waals surface area contributed by atoms with E-state index in [-0.39, 0.29) is 17.6 Å². The van der Waals surface area contributed by atoms with E-state index < -0.39 is 17.7 Å². The van der Waals surface area contributed by atoms with E-state index in [1.54, 1.807) is 17.0 Å². The van der Waals surface area contributed by atoms with Gasteiger partial charge in [-0.25, -0.2) is 0 Å². The van der Waals surface area contributed by atoms with Gasteiger partial charge in [-0.2, -0.15) is 13.2 Å². The number of alkyl halides is 3. The van der Waals surface area contributed by atoms with Gasteiger partial charge in [0.1, 0.15) is 0 Å². The monoisotopic (exact) mass is 357 g/mol. The fourth-order valence-corrected chi connectivity index (χ4v) is 3.97. The lowest BCUT2D eigenvalue weighted by molar-refractivity contribution is -0.215. The molecule has 1 N–H and O–H groups in total. The number of anilines is 1. The number of halogens is 3. The van der Waals surface area contributed by atoms with Gasteiger partial charge >= 0.3 is 6.18 Å². The molecule has 0 radical (unpaired) electrons. The summed E-state index contributed by atoms with van der Waals surface area (Å²) in [5.41, 5.74) is 0.202. The first-order chi connectivity index (χ1) is 11.8. The third-order valence-electron chi connectivity index (χ3n) is 5.47. The lowest BCUT2D eigenvalue weighted by Crippen LogP contribution is -2.38. The third-order valence-corrected chi connectivity index (χ3v) is 5.47. The van der Waals surface area contributed by atoms with E-state index in [0.717, 1.165) is 13.5 Å². The zero-order valence-electron chi connectivity index (χ0n) is 14.1. The van der Waals surface area contributed by atoms with E-state index in [2.05, 4.69) is 4.74 Å². The minimum absolute atomic E-state index is 0.0147. The van der Waals surface area contributed by atoms with Crippen LogP contribution in [0.4, 0.5) is 18.9 Å². The lowest BCUT2D eigenvalue weighted by Gasteiger charge is -2.33. The van der Waals surface area contributed by atoms with Crippen molar-refractivity contribution in [2.24, 2.45) is 5.41 Å². The normalized spacial score (nSPS) is 28.6. The van der Waals surface area contributed by atoms with E-state index in [1.165, 1.54) is 12.1 Å². The second-order valence-electron chi connectivity index (χ2n) is 6.97. The Morgan fingerprint density at radius 3 is 2.32 bits per heavy atom. The van der Waals surface area contributed by atoms with Gasteiger partial charge in [-0.3, -0.25) is 4.79 Å². The minimum atomic E-state index is -4.48. The minimum Gasteiger partial charge on any atom is -0.393 e. The van der Waals surface area contributed by atoms with Gasteiger partial charge in [-0.1, -0.05) is 12.1 Å². The van der Waals surface area contributed by atoms with Crippen molar-refractivity contribution in [1.82, 2.24) is 0 Å². The number of amides is 1. The zero-order valence-corrected chi connectivity index (χ0v) is 14.1. The van der Waals surface area contributed by atoms with Gasteiger partial charge in [0.2, 0.25) is 5.91 Å². The van der Waals surface area contributed by atoms with Crippen LogP contribution in [0.15, 0.2) is 24.3 Å². The average Bonchev–Trinajstić information content (AvgIpc) is 2.87. The number of rotatable bonds is 3. The summed E-state index contributed by atoms with van der Waals surface area (Å²) in [6.07, 6.45) is -3.47. The highest BCUT2D eigenvalue weighted by molar-refractivity contribution is 5.99. The van der Waals surface area contributed by atoms with Gasteiger partial charge in [-0.05, 0) is 49.8 Å². The van der Waals surface area contributed by atoms with Crippen LogP contribution in [-0.4, -0.2) is 36.9 Å². The molecule has 1 heterocycles. The van der Waals surface area contributed by atoms with Crippen molar-refractivity contribution in [1.29, 1.82) is 0 Å². The Labute approximate surface area is 144 Å². The molecule has 138 valence electrons. The van der Waals surface area contributed by atoms with Crippen molar-refractivity contribution in [2.45, 2.75) is 50.5 Å². The average molecular weight is 357 g/mol. The zero-order chi connectivity index (χ0) is 18.2. The lowest BCUT2D eigenvalue weighted by atomic mass is 9.72. The summed E-state index contributed by atoms with van der Waals surface area (Å²) in [6.45, 7) is 0.557. The molecule has 1 saturated heterocycles. The van der Waals surface area contributed by atoms with Gasteiger partial charge < -0.3 is 14.7 Å². The smallest absolute Gasteiger partial charge is 0.393 e. The maximum Gasteiger partial charge on any atom is 0.418 e. The molecule has 7 heteroatoms. The highest BCUT2D eigenvalue weighted by Crippen LogP contribution is 2.46. The summed E-state index contributed by atoms with van der Waals surface area (Å²) in [6, 6.07) is 5.81. The maximum atomic E-state index is 12.9. The first-order valence-electron chi connectivity index (χ1n) is 8.46. The molecule has 25 heavy (non-hydrogen) atoms. The van der Waals surface area contributed by atoms with E-state index >= 15 is 0 Å². The van der Waals surface area contributed by atoms with Crippen molar-refractivity contribution < 1.29 is 27.8 Å². The summed E-state index contributed by atoms with van der Waals surface area (Å²) < 4.78 is 43.3. The van der Waals surface area contributed by atoms with Crippen molar-refractivity contribution >= 4 is 11.6 Å². The van der Waals surface area contributed by atoms with Crippen LogP contribution in [0.2, 0.25) is 0 Å². The summed E-state index contributed by atoms with van der Waals surface area (Å²) in [5, 5.41) is 9.66. The second-order valence-corrected chi connectivity index (χ2v) is 6.97. The van der Waals surface area contributed by atoms with Crippen LogP contribution in [0.5, 0.6) is 0 Å². The van der Waals surface area contributed by atoms with Gasteiger partial charge in [0.05, 0.1) is 11.5 Å². The topological polar surface area (TPSA) is 49.8 Å². The summed E-state index contributed by atoms with van der Waals surface area (Å²) in [7, 11) is 1.03. The van der Waals surface area contributed by atoms with E-state index in [4.69, 9.17) is 0 Å². The van der Waals surface area contributed by atoms with Gasteiger partial charge in [0, 0.05) is 19.3 Å². The number of benzene rings is 1. The van der Waals surface area contributed by atoms with Crippen LogP contribution < -0.4 is 4.90 Å². The number of aliphatic hydroxyl groups is 1. The molecule has 0 bridgehead atoms. The molecule has 3 rings (SSSR count). The number of methoxy groups -OCH3 is 1. The second kappa shape index (κ2) is 6.61. The first kappa shape index (κ1) is 18.2. The van der Waals surface area contributed by atoms with Crippen LogP contribution in [0.1, 0.15) is 43.8 Å². The van der Waals surface area contributed by atoms with E-state index in [9.17, 15) is 23.1 Å². The molecule has 2 aliphatic rings. The van der Waals surface area contributed by atoms with Gasteiger partial charge in [0.25, 0.3) is 0 Å². The third kappa shape index (κ3) is 3.40. The first-order valence-corrected chi connectivity index (χ1v) is 8.46. The molecule has 1 aromatic rings. The Kier molecular flexibility index (Phi) is 4.81. The van der Waals surface area contributed by atoms with Crippen molar-refractivity contribution in [3.8, 4) is 0 Å². The number of aliphatic hydroxyl groups excluding tert-OH is 1. The molecule has 4 nitrogen and oxygen atoms in total. The van der Waals surface area contributed by atoms with Crippen LogP contribution in [0, 0.1) is 5.41 Å². The summed E-state index contributed by atoms with van der Waals surface area (Å²) >= 11 is 0.